The molecule has 1 aromatic heterocycles. The lowest BCUT2D eigenvalue weighted by atomic mass is 10.0. The van der Waals surface area contributed by atoms with Crippen molar-refractivity contribution in [3.8, 4) is 0 Å². The van der Waals surface area contributed by atoms with E-state index in [0.29, 0.717) is 6.04 Å². The summed E-state index contributed by atoms with van der Waals surface area (Å²) in [7, 11) is 0. The molecule has 1 aliphatic heterocycles. The molecule has 0 radical (unpaired) electrons. The Labute approximate surface area is 121 Å². The molecule has 0 amide bonds. The highest BCUT2D eigenvalue weighted by atomic mass is 79.9. The first-order chi connectivity index (χ1) is 8.72. The van der Waals surface area contributed by atoms with Crippen LogP contribution < -0.4 is 5.73 Å². The summed E-state index contributed by atoms with van der Waals surface area (Å²) in [6.45, 7) is 5.91. The third-order valence-corrected chi connectivity index (χ3v) is 5.11. The summed E-state index contributed by atoms with van der Waals surface area (Å²) in [6, 6.07) is 4.83. The van der Waals surface area contributed by atoms with E-state index < -0.39 is 0 Å². The van der Waals surface area contributed by atoms with Crippen molar-refractivity contribution in [3.63, 3.8) is 0 Å². The average Bonchev–Trinajstić information content (AvgIpc) is 2.64. The molecule has 3 nitrogen and oxygen atoms in total. The van der Waals surface area contributed by atoms with Gasteiger partial charge in [-0.15, -0.1) is 11.3 Å². The molecule has 1 saturated heterocycles. The van der Waals surface area contributed by atoms with E-state index in [4.69, 9.17) is 10.5 Å². The second-order valence-corrected chi connectivity index (χ2v) is 7.16. The molecule has 102 valence electrons. The highest BCUT2D eigenvalue weighted by Crippen LogP contribution is 2.33. The molecule has 2 atom stereocenters. The van der Waals surface area contributed by atoms with Gasteiger partial charge >= 0.3 is 0 Å². The van der Waals surface area contributed by atoms with Gasteiger partial charge in [0.2, 0.25) is 0 Å². The molecule has 2 rings (SSSR count). The minimum atomic E-state index is 0.189. The topological polar surface area (TPSA) is 38.5 Å². The number of hydrogen-bond donors (Lipinski definition) is 1. The van der Waals surface area contributed by atoms with E-state index in [1.165, 1.54) is 8.66 Å². The van der Waals surface area contributed by atoms with E-state index in [1.807, 2.05) is 0 Å². The third-order valence-electron chi connectivity index (χ3n) is 3.41. The fourth-order valence-electron chi connectivity index (χ4n) is 2.42. The Bertz CT molecular complexity index is 364. The van der Waals surface area contributed by atoms with Gasteiger partial charge in [0.1, 0.15) is 0 Å². The molecule has 0 aliphatic carbocycles. The lowest BCUT2D eigenvalue weighted by molar-refractivity contribution is 0.126. The zero-order chi connectivity index (χ0) is 13.0. The Morgan fingerprint density at radius 1 is 1.44 bits per heavy atom. The largest absolute Gasteiger partial charge is 0.380 e. The number of halogens is 1. The second kappa shape index (κ2) is 7.01. The van der Waals surface area contributed by atoms with Gasteiger partial charge in [-0.05, 0) is 40.9 Å². The first-order valence-electron chi connectivity index (χ1n) is 6.55. The van der Waals surface area contributed by atoms with E-state index in [1.54, 1.807) is 11.3 Å². The van der Waals surface area contributed by atoms with Crippen LogP contribution in [0.15, 0.2) is 15.9 Å². The number of rotatable bonds is 4. The van der Waals surface area contributed by atoms with Crippen LogP contribution in [-0.4, -0.2) is 37.2 Å². The van der Waals surface area contributed by atoms with Crippen molar-refractivity contribution in [2.24, 2.45) is 5.73 Å². The zero-order valence-corrected chi connectivity index (χ0v) is 13.2. The molecule has 0 spiro atoms. The van der Waals surface area contributed by atoms with Crippen molar-refractivity contribution >= 4 is 27.3 Å². The maximum atomic E-state index is 6.35. The highest BCUT2D eigenvalue weighted by Gasteiger charge is 2.27. The number of nitrogens with zero attached hydrogens (tertiary/aromatic N) is 1. The molecule has 0 aromatic carbocycles. The summed E-state index contributed by atoms with van der Waals surface area (Å²) in [4.78, 5) is 3.84. The number of ether oxygens (including phenoxy) is 1. The molecule has 1 aliphatic rings. The molecule has 1 aromatic rings. The van der Waals surface area contributed by atoms with Gasteiger partial charge < -0.3 is 10.5 Å². The van der Waals surface area contributed by atoms with Crippen molar-refractivity contribution in [2.75, 3.05) is 26.3 Å². The summed E-state index contributed by atoms with van der Waals surface area (Å²) in [5.74, 6) is 0. The van der Waals surface area contributed by atoms with Crippen LogP contribution in [-0.2, 0) is 4.74 Å². The first-order valence-corrected chi connectivity index (χ1v) is 8.16. The second-order valence-electron chi connectivity index (χ2n) is 4.66. The monoisotopic (exact) mass is 332 g/mol. The standard InChI is InChI=1S/C13H21BrN2OS/c1-2-10(15)13(11-4-5-12(14)18-11)16-6-3-8-17-9-7-16/h4-5,10,13H,2-3,6-9,15H2,1H3. The Kier molecular flexibility index (Phi) is 5.63. The Morgan fingerprint density at radius 3 is 2.94 bits per heavy atom. The van der Waals surface area contributed by atoms with Crippen molar-refractivity contribution in [1.82, 2.24) is 4.90 Å². The van der Waals surface area contributed by atoms with Crippen LogP contribution in [0.25, 0.3) is 0 Å². The lowest BCUT2D eigenvalue weighted by Gasteiger charge is -2.33. The summed E-state index contributed by atoms with van der Waals surface area (Å²) in [5, 5.41) is 0. The predicted octanol–water partition coefficient (Wildman–Crippen LogP) is 3.01. The van der Waals surface area contributed by atoms with Crippen molar-refractivity contribution in [2.45, 2.75) is 31.8 Å². The van der Waals surface area contributed by atoms with Gasteiger partial charge in [0.25, 0.3) is 0 Å². The number of nitrogens with two attached hydrogens (primary N) is 1. The fraction of sp³-hybridized carbons (Fsp3) is 0.692. The molecule has 0 bridgehead atoms. The summed E-state index contributed by atoms with van der Waals surface area (Å²) >= 11 is 5.34. The third kappa shape index (κ3) is 3.54. The van der Waals surface area contributed by atoms with Gasteiger partial charge in [0.05, 0.1) is 16.4 Å². The minimum absolute atomic E-state index is 0.189. The smallest absolute Gasteiger partial charge is 0.0702 e. The molecule has 5 heteroatoms. The molecule has 18 heavy (non-hydrogen) atoms. The number of thiophene rings is 1. The summed E-state index contributed by atoms with van der Waals surface area (Å²) in [6.07, 6.45) is 2.09. The Balaban J connectivity index is 2.18. The Morgan fingerprint density at radius 2 is 2.28 bits per heavy atom. The van der Waals surface area contributed by atoms with Crippen LogP contribution >= 0.6 is 27.3 Å². The normalized spacial score (nSPS) is 21.5. The summed E-state index contributed by atoms with van der Waals surface area (Å²) < 4.78 is 6.72. The Hall–Kier alpha value is 0.0600. The van der Waals surface area contributed by atoms with Gasteiger partial charge in [0, 0.05) is 30.6 Å². The van der Waals surface area contributed by atoms with E-state index in [9.17, 15) is 0 Å². The molecule has 0 saturated carbocycles. The van der Waals surface area contributed by atoms with E-state index >= 15 is 0 Å². The quantitative estimate of drug-likeness (QED) is 0.921. The molecule has 1 fully saturated rings. The maximum Gasteiger partial charge on any atom is 0.0702 e. The van der Waals surface area contributed by atoms with Crippen LogP contribution in [0, 0.1) is 0 Å². The van der Waals surface area contributed by atoms with E-state index in [2.05, 4.69) is 39.9 Å². The first kappa shape index (κ1) is 14.5. The highest BCUT2D eigenvalue weighted by molar-refractivity contribution is 9.11. The summed E-state index contributed by atoms with van der Waals surface area (Å²) in [5.41, 5.74) is 6.35. The van der Waals surface area contributed by atoms with Gasteiger partial charge in [-0.25, -0.2) is 0 Å². The van der Waals surface area contributed by atoms with Gasteiger partial charge in [-0.3, -0.25) is 4.90 Å². The van der Waals surface area contributed by atoms with Crippen molar-refractivity contribution in [1.29, 1.82) is 0 Å². The molecular formula is C13H21BrN2OS. The SMILES string of the molecule is CCC(N)C(c1ccc(Br)s1)N1CCCOCC1. The fourth-order valence-corrected chi connectivity index (χ4v) is 4.05. The molecule has 2 N–H and O–H groups in total. The average molecular weight is 333 g/mol. The van der Waals surface area contributed by atoms with Crippen LogP contribution in [0.1, 0.15) is 30.7 Å². The lowest BCUT2D eigenvalue weighted by Crippen LogP contribution is -2.41. The molecule has 2 unspecified atom stereocenters. The van der Waals surface area contributed by atoms with Crippen LogP contribution in [0.5, 0.6) is 0 Å². The van der Waals surface area contributed by atoms with Crippen molar-refractivity contribution < 1.29 is 4.74 Å². The maximum absolute atomic E-state index is 6.35. The number of hydrogen-bond acceptors (Lipinski definition) is 4. The zero-order valence-electron chi connectivity index (χ0n) is 10.8. The molecular weight excluding hydrogens is 312 g/mol. The predicted molar refractivity (Wildman–Crippen MR) is 80.0 cm³/mol. The van der Waals surface area contributed by atoms with Crippen LogP contribution in [0.3, 0.4) is 0 Å². The van der Waals surface area contributed by atoms with Crippen LogP contribution in [0.2, 0.25) is 0 Å². The van der Waals surface area contributed by atoms with E-state index in [0.717, 1.165) is 39.1 Å². The van der Waals surface area contributed by atoms with Gasteiger partial charge in [-0.1, -0.05) is 6.92 Å². The van der Waals surface area contributed by atoms with Gasteiger partial charge in [-0.2, -0.15) is 0 Å². The van der Waals surface area contributed by atoms with Crippen molar-refractivity contribution in [3.05, 3.63) is 20.8 Å². The minimum Gasteiger partial charge on any atom is -0.380 e. The van der Waals surface area contributed by atoms with Gasteiger partial charge in [0.15, 0.2) is 0 Å². The molecule has 2 heterocycles. The van der Waals surface area contributed by atoms with E-state index in [-0.39, 0.29) is 6.04 Å². The van der Waals surface area contributed by atoms with Crippen LogP contribution in [0.4, 0.5) is 0 Å².